The van der Waals surface area contributed by atoms with E-state index in [1.165, 1.54) is 0 Å². The molecule has 0 unspecified atom stereocenters. The average Bonchev–Trinajstić information content (AvgIpc) is 2.77. The van der Waals surface area contributed by atoms with Crippen molar-refractivity contribution < 1.29 is 9.26 Å². The van der Waals surface area contributed by atoms with Crippen LogP contribution in [0.2, 0.25) is 0 Å². The van der Waals surface area contributed by atoms with Crippen LogP contribution in [0.15, 0.2) is 16.7 Å². The van der Waals surface area contributed by atoms with E-state index in [1.807, 2.05) is 33.8 Å². The summed E-state index contributed by atoms with van der Waals surface area (Å²) in [7, 11) is 1.65. The Morgan fingerprint density at radius 1 is 1.22 bits per heavy atom. The zero-order chi connectivity index (χ0) is 13.3. The summed E-state index contributed by atoms with van der Waals surface area (Å²) in [6.45, 7) is 8.11. The van der Waals surface area contributed by atoms with Crippen LogP contribution in [-0.2, 0) is 0 Å². The van der Waals surface area contributed by atoms with E-state index in [1.54, 1.807) is 7.11 Å². The van der Waals surface area contributed by atoms with Crippen LogP contribution in [0.3, 0.4) is 0 Å². The highest BCUT2D eigenvalue weighted by Crippen LogP contribution is 2.33. The lowest BCUT2D eigenvalue weighted by atomic mass is 10.0. The van der Waals surface area contributed by atoms with Gasteiger partial charge in [0.25, 0.3) is 0 Å². The largest absolute Gasteiger partial charge is 0.496 e. The van der Waals surface area contributed by atoms with Gasteiger partial charge in [-0.2, -0.15) is 4.98 Å². The van der Waals surface area contributed by atoms with Gasteiger partial charge in [0.15, 0.2) is 0 Å². The Kier molecular flexibility index (Phi) is 3.36. The summed E-state index contributed by atoms with van der Waals surface area (Å²) in [5, 5.41) is 4.04. The second kappa shape index (κ2) is 4.80. The van der Waals surface area contributed by atoms with Crippen LogP contribution in [0, 0.1) is 13.8 Å². The Morgan fingerprint density at radius 3 is 2.50 bits per heavy atom. The predicted molar refractivity (Wildman–Crippen MR) is 69.8 cm³/mol. The Hall–Kier alpha value is -1.84. The first kappa shape index (κ1) is 12.6. The Morgan fingerprint density at radius 2 is 1.94 bits per heavy atom. The maximum atomic E-state index is 5.41. The van der Waals surface area contributed by atoms with E-state index in [0.29, 0.717) is 11.7 Å². The van der Waals surface area contributed by atoms with Gasteiger partial charge in [0.1, 0.15) is 5.75 Å². The molecule has 4 heteroatoms. The molecule has 0 radical (unpaired) electrons. The molecule has 4 nitrogen and oxygen atoms in total. The third-order valence-corrected chi connectivity index (χ3v) is 2.82. The van der Waals surface area contributed by atoms with Crippen molar-refractivity contribution in [3.8, 4) is 17.1 Å². The minimum absolute atomic E-state index is 0.225. The van der Waals surface area contributed by atoms with Crippen LogP contribution >= 0.6 is 0 Å². The van der Waals surface area contributed by atoms with E-state index in [9.17, 15) is 0 Å². The molecule has 0 bridgehead atoms. The van der Waals surface area contributed by atoms with E-state index in [-0.39, 0.29) is 5.92 Å². The maximum absolute atomic E-state index is 5.41. The van der Waals surface area contributed by atoms with E-state index < -0.39 is 0 Å². The Balaban J connectivity index is 2.55. The minimum atomic E-state index is 0.225. The molecule has 0 atom stereocenters. The molecule has 0 saturated heterocycles. The maximum Gasteiger partial charge on any atom is 0.229 e. The molecule has 0 aliphatic heterocycles. The van der Waals surface area contributed by atoms with Gasteiger partial charge in [0.2, 0.25) is 11.7 Å². The van der Waals surface area contributed by atoms with Crippen molar-refractivity contribution in [1.29, 1.82) is 0 Å². The lowest BCUT2D eigenvalue weighted by Gasteiger charge is -2.09. The number of hydrogen-bond acceptors (Lipinski definition) is 4. The highest BCUT2D eigenvalue weighted by atomic mass is 16.5. The number of ether oxygens (including phenoxy) is 1. The summed E-state index contributed by atoms with van der Waals surface area (Å²) >= 11 is 0. The fourth-order valence-corrected chi connectivity index (χ4v) is 1.95. The normalized spacial score (nSPS) is 11.0. The van der Waals surface area contributed by atoms with Crippen LogP contribution in [0.4, 0.5) is 0 Å². The van der Waals surface area contributed by atoms with Crippen molar-refractivity contribution >= 4 is 0 Å². The number of benzene rings is 1. The zero-order valence-electron chi connectivity index (χ0n) is 11.4. The van der Waals surface area contributed by atoms with Crippen LogP contribution in [-0.4, -0.2) is 17.3 Å². The first-order valence-corrected chi connectivity index (χ1v) is 6.02. The second-order valence-corrected chi connectivity index (χ2v) is 4.77. The van der Waals surface area contributed by atoms with Crippen LogP contribution in [0.1, 0.15) is 36.8 Å². The van der Waals surface area contributed by atoms with Crippen LogP contribution in [0.5, 0.6) is 5.75 Å². The fraction of sp³-hybridized carbons (Fsp3) is 0.429. The molecule has 0 saturated carbocycles. The van der Waals surface area contributed by atoms with Gasteiger partial charge in [-0.3, -0.25) is 0 Å². The summed E-state index contributed by atoms with van der Waals surface area (Å²) in [5.74, 6) is 2.24. The molecule has 1 aromatic heterocycles. The number of aryl methyl sites for hydroxylation is 2. The van der Waals surface area contributed by atoms with Gasteiger partial charge >= 0.3 is 0 Å². The van der Waals surface area contributed by atoms with Gasteiger partial charge in [-0.1, -0.05) is 25.1 Å². The summed E-state index contributed by atoms with van der Waals surface area (Å²) in [5.41, 5.74) is 3.14. The Bertz CT molecular complexity index is 559. The summed E-state index contributed by atoms with van der Waals surface area (Å²) in [6, 6.07) is 4.07. The number of hydrogen-bond donors (Lipinski definition) is 0. The van der Waals surface area contributed by atoms with Crippen LogP contribution < -0.4 is 4.74 Å². The predicted octanol–water partition coefficient (Wildman–Crippen LogP) is 3.49. The van der Waals surface area contributed by atoms with Gasteiger partial charge in [0.05, 0.1) is 12.7 Å². The van der Waals surface area contributed by atoms with Crippen molar-refractivity contribution in [2.24, 2.45) is 0 Å². The van der Waals surface area contributed by atoms with Gasteiger partial charge in [-0.15, -0.1) is 0 Å². The molecule has 1 heterocycles. The number of aromatic nitrogens is 2. The van der Waals surface area contributed by atoms with Crippen molar-refractivity contribution in [3.63, 3.8) is 0 Å². The summed E-state index contributed by atoms with van der Waals surface area (Å²) < 4.78 is 10.7. The smallest absolute Gasteiger partial charge is 0.229 e. The minimum Gasteiger partial charge on any atom is -0.496 e. The first-order chi connectivity index (χ1) is 8.52. The average molecular weight is 246 g/mol. The molecule has 1 aromatic carbocycles. The van der Waals surface area contributed by atoms with Gasteiger partial charge in [-0.25, -0.2) is 0 Å². The van der Waals surface area contributed by atoms with Gasteiger partial charge in [-0.05, 0) is 31.0 Å². The highest BCUT2D eigenvalue weighted by Gasteiger charge is 2.17. The number of methoxy groups -OCH3 is 1. The standard InChI is InChI=1S/C14H18N2O2/c1-8(2)14-15-13(16-18-14)12-10(4)6-9(3)7-11(12)17-5/h6-8H,1-5H3. The Labute approximate surface area is 107 Å². The van der Waals surface area contributed by atoms with E-state index in [4.69, 9.17) is 9.26 Å². The van der Waals surface area contributed by atoms with Gasteiger partial charge < -0.3 is 9.26 Å². The third kappa shape index (κ3) is 2.23. The molecular weight excluding hydrogens is 228 g/mol. The summed E-state index contributed by atoms with van der Waals surface area (Å²) in [6.07, 6.45) is 0. The molecule has 0 N–H and O–H groups in total. The molecule has 2 rings (SSSR count). The molecular formula is C14H18N2O2. The first-order valence-electron chi connectivity index (χ1n) is 6.02. The third-order valence-electron chi connectivity index (χ3n) is 2.82. The molecule has 0 spiro atoms. The quantitative estimate of drug-likeness (QED) is 0.831. The molecule has 96 valence electrons. The van der Waals surface area contributed by atoms with Gasteiger partial charge in [0, 0.05) is 5.92 Å². The lowest BCUT2D eigenvalue weighted by Crippen LogP contribution is -1.94. The molecule has 18 heavy (non-hydrogen) atoms. The van der Waals surface area contributed by atoms with Crippen molar-refractivity contribution in [2.45, 2.75) is 33.6 Å². The number of nitrogens with zero attached hydrogens (tertiary/aromatic N) is 2. The summed E-state index contributed by atoms with van der Waals surface area (Å²) in [4.78, 5) is 4.42. The molecule has 0 fully saturated rings. The zero-order valence-corrected chi connectivity index (χ0v) is 11.4. The fourth-order valence-electron chi connectivity index (χ4n) is 1.95. The highest BCUT2D eigenvalue weighted by molar-refractivity contribution is 5.68. The van der Waals surface area contributed by atoms with E-state index >= 15 is 0 Å². The van der Waals surface area contributed by atoms with E-state index in [0.717, 1.165) is 22.4 Å². The van der Waals surface area contributed by atoms with Crippen LogP contribution in [0.25, 0.3) is 11.4 Å². The monoisotopic (exact) mass is 246 g/mol. The molecule has 0 aliphatic carbocycles. The topological polar surface area (TPSA) is 48.2 Å². The second-order valence-electron chi connectivity index (χ2n) is 4.77. The molecule has 0 amide bonds. The lowest BCUT2D eigenvalue weighted by molar-refractivity contribution is 0.365. The van der Waals surface area contributed by atoms with Crippen molar-refractivity contribution in [3.05, 3.63) is 29.2 Å². The SMILES string of the molecule is COc1cc(C)cc(C)c1-c1noc(C(C)C)n1. The molecule has 2 aromatic rings. The van der Waals surface area contributed by atoms with E-state index in [2.05, 4.69) is 16.2 Å². The van der Waals surface area contributed by atoms with Crippen molar-refractivity contribution in [2.75, 3.05) is 7.11 Å². The molecule has 0 aliphatic rings. The number of rotatable bonds is 3. The van der Waals surface area contributed by atoms with Crippen molar-refractivity contribution in [1.82, 2.24) is 10.1 Å².